The zero-order valence-electron chi connectivity index (χ0n) is 41.7. The van der Waals surface area contributed by atoms with Crippen LogP contribution >= 0.6 is 23.5 Å². The minimum absolute atomic E-state index is 0.0516. The van der Waals surface area contributed by atoms with Gasteiger partial charge in [0.1, 0.15) is 12.2 Å². The molecule has 1 saturated heterocycles. The monoisotopic (exact) mass is 934 g/mol. The molecule has 1 heterocycles. The smallest absolute Gasteiger partial charge is 0.306 e. The number of thioether (sulfide) groups is 2. The van der Waals surface area contributed by atoms with E-state index >= 15 is 0 Å². The summed E-state index contributed by atoms with van der Waals surface area (Å²) in [5, 5.41) is 0. The zero-order chi connectivity index (χ0) is 44.9. The van der Waals surface area contributed by atoms with E-state index in [-0.39, 0.29) is 30.3 Å². The Labute approximate surface area is 402 Å². The number of ether oxygens (including phenoxy) is 4. The third-order valence-electron chi connectivity index (χ3n) is 15.9. The Morgan fingerprint density at radius 1 is 0.547 bits per heavy atom. The van der Waals surface area contributed by atoms with Gasteiger partial charge >= 0.3 is 11.9 Å². The third kappa shape index (κ3) is 23.7. The van der Waals surface area contributed by atoms with Gasteiger partial charge in [0.05, 0.1) is 12.7 Å². The molecule has 5 rings (SSSR count). The molecule has 4 saturated carbocycles. The number of carbonyl (C=O) groups is 2. The van der Waals surface area contributed by atoms with Gasteiger partial charge in [-0.05, 0) is 120 Å². The average Bonchev–Trinajstić information content (AvgIpc) is 3.73. The highest BCUT2D eigenvalue weighted by Crippen LogP contribution is 2.37. The van der Waals surface area contributed by atoms with E-state index in [1.54, 1.807) is 0 Å². The highest BCUT2D eigenvalue weighted by Gasteiger charge is 2.40. The van der Waals surface area contributed by atoms with Crippen molar-refractivity contribution in [3.05, 3.63) is 0 Å². The minimum atomic E-state index is -0.441. The normalized spacial score (nSPS) is 24.3. The minimum Gasteiger partial charge on any atom is -0.461 e. The van der Waals surface area contributed by atoms with Crippen LogP contribution in [0.2, 0.25) is 0 Å². The predicted molar refractivity (Wildman–Crippen MR) is 271 cm³/mol. The Balaban J connectivity index is 0.985. The number of unbranched alkanes of at least 4 members (excludes halogenated alkanes) is 4. The maximum atomic E-state index is 13.0. The molecule has 7 nitrogen and oxygen atoms in total. The second kappa shape index (κ2) is 33.1. The molecule has 64 heavy (non-hydrogen) atoms. The second-order valence-electron chi connectivity index (χ2n) is 21.8. The first-order valence-electron chi connectivity index (χ1n) is 27.8. The summed E-state index contributed by atoms with van der Waals surface area (Å²) in [6.45, 7) is 1.73. The molecule has 0 bridgehead atoms. The van der Waals surface area contributed by atoms with Crippen LogP contribution in [0.4, 0.5) is 0 Å². The van der Waals surface area contributed by atoms with Crippen molar-refractivity contribution < 1.29 is 28.5 Å². The Hall–Kier alpha value is -0.480. The molecule has 4 aliphatic carbocycles. The van der Waals surface area contributed by atoms with Crippen LogP contribution in [0.5, 0.6) is 0 Å². The van der Waals surface area contributed by atoms with Gasteiger partial charge in [-0.15, -0.1) is 0 Å². The van der Waals surface area contributed by atoms with Crippen molar-refractivity contribution in [1.29, 1.82) is 0 Å². The molecule has 9 heteroatoms. The van der Waals surface area contributed by atoms with Crippen molar-refractivity contribution in [2.75, 3.05) is 50.3 Å². The molecule has 5 aliphatic rings. The summed E-state index contributed by atoms with van der Waals surface area (Å²) in [5.41, 5.74) is 0. The lowest BCUT2D eigenvalue weighted by molar-refractivity contribution is -0.180. The highest BCUT2D eigenvalue weighted by atomic mass is 32.2. The van der Waals surface area contributed by atoms with Gasteiger partial charge in [0, 0.05) is 43.7 Å². The SMILES string of the molecule is CN(C)CCC1COC(CCCCCSCC(CCC2CCCCC2)OC(=O)CCC2CCCCC2)(CCCCCSCC(CCC2CCCCC2)OC(=O)CCC2CCCCC2)O1. The number of carbonyl (C=O) groups excluding carboxylic acids is 2. The first-order valence-corrected chi connectivity index (χ1v) is 30.2. The van der Waals surface area contributed by atoms with Gasteiger partial charge in [0.25, 0.3) is 0 Å². The number of nitrogens with zero attached hydrogens (tertiary/aromatic N) is 1. The van der Waals surface area contributed by atoms with Crippen molar-refractivity contribution in [2.24, 2.45) is 23.7 Å². The topological polar surface area (TPSA) is 74.3 Å². The summed E-state index contributed by atoms with van der Waals surface area (Å²) < 4.78 is 25.8. The Morgan fingerprint density at radius 2 is 0.953 bits per heavy atom. The van der Waals surface area contributed by atoms with E-state index in [4.69, 9.17) is 18.9 Å². The van der Waals surface area contributed by atoms with Crippen LogP contribution in [0.3, 0.4) is 0 Å². The summed E-state index contributed by atoms with van der Waals surface area (Å²) >= 11 is 4.00. The van der Waals surface area contributed by atoms with Crippen LogP contribution in [0.1, 0.15) is 238 Å². The number of rotatable bonds is 33. The van der Waals surface area contributed by atoms with Crippen molar-refractivity contribution >= 4 is 35.5 Å². The molecule has 3 atom stereocenters. The lowest BCUT2D eigenvalue weighted by Gasteiger charge is -2.29. The van der Waals surface area contributed by atoms with E-state index in [1.807, 2.05) is 23.5 Å². The summed E-state index contributed by atoms with van der Waals surface area (Å²) in [5.74, 6) is 6.90. The lowest BCUT2D eigenvalue weighted by Crippen LogP contribution is -2.31. The molecule has 372 valence electrons. The van der Waals surface area contributed by atoms with Crippen molar-refractivity contribution in [2.45, 2.75) is 262 Å². The van der Waals surface area contributed by atoms with E-state index in [0.29, 0.717) is 19.4 Å². The van der Waals surface area contributed by atoms with Crippen LogP contribution in [-0.2, 0) is 28.5 Å². The van der Waals surface area contributed by atoms with Gasteiger partial charge in [-0.3, -0.25) is 9.59 Å². The fraction of sp³-hybridized carbons (Fsp3) is 0.964. The van der Waals surface area contributed by atoms with Crippen LogP contribution < -0.4 is 0 Å². The van der Waals surface area contributed by atoms with E-state index in [2.05, 4.69) is 19.0 Å². The van der Waals surface area contributed by atoms with Crippen molar-refractivity contribution in [1.82, 2.24) is 4.90 Å². The van der Waals surface area contributed by atoms with E-state index in [1.165, 1.54) is 167 Å². The van der Waals surface area contributed by atoms with Crippen molar-refractivity contribution in [3.63, 3.8) is 0 Å². The lowest BCUT2D eigenvalue weighted by atomic mass is 9.85. The van der Waals surface area contributed by atoms with Gasteiger partial charge in [-0.2, -0.15) is 23.5 Å². The Bertz CT molecular complexity index is 1120. The van der Waals surface area contributed by atoms with Crippen LogP contribution in [0.25, 0.3) is 0 Å². The molecule has 0 aromatic rings. The second-order valence-corrected chi connectivity index (χ2v) is 24.1. The molecule has 5 fully saturated rings. The molecule has 0 amide bonds. The van der Waals surface area contributed by atoms with Crippen LogP contribution in [-0.4, -0.2) is 91.2 Å². The number of hydrogen-bond acceptors (Lipinski definition) is 9. The van der Waals surface area contributed by atoms with E-state index < -0.39 is 5.79 Å². The molecule has 0 spiro atoms. The van der Waals surface area contributed by atoms with Crippen LogP contribution in [0, 0.1) is 23.7 Å². The standard InChI is InChI=1S/C55H99NO6S2/c1-56(2)40-37-50-43-59-55(62-50,38-17-7-19-41-63-44-51(33-29-46-21-9-3-10-22-46)60-53(57)35-31-48-25-13-5-14-26-48)39-18-8-20-42-64-45-52(34-30-47-23-11-4-12-24-47)61-54(58)36-32-49-27-15-6-16-28-49/h46-52H,3-45H2,1-2H3. The molecule has 1 aliphatic heterocycles. The maximum Gasteiger partial charge on any atom is 0.306 e. The first-order chi connectivity index (χ1) is 31.3. The summed E-state index contributed by atoms with van der Waals surface area (Å²) in [6, 6.07) is 0. The Kier molecular flexibility index (Phi) is 28.2. The number of hydrogen-bond donors (Lipinski definition) is 0. The first kappa shape index (κ1) is 54.5. The van der Waals surface area contributed by atoms with Crippen molar-refractivity contribution in [3.8, 4) is 0 Å². The summed E-state index contributed by atoms with van der Waals surface area (Å²) in [4.78, 5) is 28.3. The molecule has 0 radical (unpaired) electrons. The average molecular weight is 935 g/mol. The fourth-order valence-electron chi connectivity index (χ4n) is 11.8. The molecule has 0 N–H and O–H groups in total. The van der Waals surface area contributed by atoms with Crippen LogP contribution in [0.15, 0.2) is 0 Å². The van der Waals surface area contributed by atoms with Gasteiger partial charge in [0.15, 0.2) is 5.79 Å². The van der Waals surface area contributed by atoms with Gasteiger partial charge < -0.3 is 23.8 Å². The van der Waals surface area contributed by atoms with E-state index in [0.717, 1.165) is 111 Å². The van der Waals surface area contributed by atoms with Gasteiger partial charge in [-0.25, -0.2) is 0 Å². The molecule has 0 aromatic carbocycles. The summed E-state index contributed by atoms with van der Waals surface area (Å²) in [7, 11) is 4.28. The highest BCUT2D eigenvalue weighted by molar-refractivity contribution is 7.99. The van der Waals surface area contributed by atoms with E-state index in [9.17, 15) is 9.59 Å². The number of esters is 2. The molecular formula is C55H99NO6S2. The largest absolute Gasteiger partial charge is 0.461 e. The quantitative estimate of drug-likeness (QED) is 0.0472. The molecule has 0 aromatic heterocycles. The molecule has 3 unspecified atom stereocenters. The predicted octanol–water partition coefficient (Wildman–Crippen LogP) is 14.9. The fourth-order valence-corrected chi connectivity index (χ4v) is 13.9. The zero-order valence-corrected chi connectivity index (χ0v) is 43.3. The van der Waals surface area contributed by atoms with Gasteiger partial charge in [0.2, 0.25) is 0 Å². The van der Waals surface area contributed by atoms with Gasteiger partial charge in [-0.1, -0.05) is 141 Å². The Morgan fingerprint density at radius 3 is 1.36 bits per heavy atom. The summed E-state index contributed by atoms with van der Waals surface area (Å²) in [6.07, 6.45) is 45.0. The molecular weight excluding hydrogens is 835 g/mol. The third-order valence-corrected chi connectivity index (χ3v) is 18.3. The maximum absolute atomic E-state index is 13.0.